The molecule has 2 aliphatic rings. The summed E-state index contributed by atoms with van der Waals surface area (Å²) in [5.41, 5.74) is 8.60. The summed E-state index contributed by atoms with van der Waals surface area (Å²) in [5.74, 6) is 1.85. The van der Waals surface area contributed by atoms with Gasteiger partial charge in [0.05, 0.1) is 5.69 Å². The second kappa shape index (κ2) is 11.7. The average Bonchev–Trinajstić information content (AvgIpc) is 3.24. The number of benzene rings is 2. The van der Waals surface area contributed by atoms with Gasteiger partial charge < -0.3 is 16.0 Å². The maximum atomic E-state index is 13.7. The Morgan fingerprint density at radius 2 is 1.97 bits per heavy atom. The van der Waals surface area contributed by atoms with Crippen LogP contribution in [0.4, 0.5) is 11.4 Å². The van der Waals surface area contributed by atoms with Crippen molar-refractivity contribution in [2.45, 2.75) is 24.2 Å². The Balaban J connectivity index is 1.74. The summed E-state index contributed by atoms with van der Waals surface area (Å²) in [6.07, 6.45) is 5.61. The third-order valence-corrected chi connectivity index (χ3v) is 8.17. The summed E-state index contributed by atoms with van der Waals surface area (Å²) in [6, 6.07) is 13.2. The highest BCUT2D eigenvalue weighted by Gasteiger charge is 2.31. The molecule has 11 heteroatoms. The number of fused-ring (bicyclic) bond motifs is 1. The molecule has 0 bridgehead atoms. The van der Waals surface area contributed by atoms with E-state index in [1.165, 1.54) is 16.4 Å². The van der Waals surface area contributed by atoms with Gasteiger partial charge in [-0.2, -0.15) is 0 Å². The molecule has 0 unspecified atom stereocenters. The van der Waals surface area contributed by atoms with Gasteiger partial charge in [0, 0.05) is 42.9 Å². The molecule has 9 nitrogen and oxygen atoms in total. The topological polar surface area (TPSA) is 120 Å². The van der Waals surface area contributed by atoms with Crippen LogP contribution in [0.5, 0.6) is 0 Å². The summed E-state index contributed by atoms with van der Waals surface area (Å²) in [7, 11) is -4.08. The van der Waals surface area contributed by atoms with E-state index < -0.39 is 10.0 Å². The largest absolute Gasteiger partial charge is 0.330 e. The van der Waals surface area contributed by atoms with Crippen molar-refractivity contribution in [3.05, 3.63) is 89.4 Å². The Morgan fingerprint density at radius 1 is 1.16 bits per heavy atom. The van der Waals surface area contributed by atoms with E-state index >= 15 is 0 Å². The standard InChI is InChI=1S/C26H29ClN6O3S/c1-19-17-22(26-30-25(11-16-32(19)26)29-14-6-13-28)20-7-4-8-21(18-20)33(15-5-12-27)37(35,36)24-10-3-2-9-23(24)31-34/h2-4,7-11,16,18H,1,5-6,12-15,17,28H2,(H,29,30). The quantitative estimate of drug-likeness (QED) is 0.243. The molecule has 0 fully saturated rings. The minimum Gasteiger partial charge on any atom is -0.330 e. The van der Waals surface area contributed by atoms with Crippen LogP contribution in [0.3, 0.4) is 0 Å². The molecule has 0 radical (unpaired) electrons. The number of halogens is 1. The number of allylic oxidation sites excluding steroid dienone is 1. The second-order valence-electron chi connectivity index (χ2n) is 8.52. The summed E-state index contributed by atoms with van der Waals surface area (Å²) >= 11 is 5.93. The fraction of sp³-hybridized carbons (Fsp3) is 0.269. The van der Waals surface area contributed by atoms with Crippen LogP contribution in [0.2, 0.25) is 0 Å². The fourth-order valence-corrected chi connectivity index (χ4v) is 5.97. The highest BCUT2D eigenvalue weighted by molar-refractivity contribution is 7.93. The molecule has 4 rings (SSSR count). The van der Waals surface area contributed by atoms with Crippen molar-refractivity contribution in [2.75, 3.05) is 29.8 Å². The maximum absolute atomic E-state index is 13.7. The summed E-state index contributed by atoms with van der Waals surface area (Å²) in [6.45, 7) is 5.52. The predicted octanol–water partition coefficient (Wildman–Crippen LogP) is 4.66. The van der Waals surface area contributed by atoms with Crippen molar-refractivity contribution in [3.63, 3.8) is 0 Å². The molecule has 0 aliphatic carbocycles. The number of alkyl halides is 1. The number of nitrogens with one attached hydrogen (secondary N) is 1. The number of nitrogens with two attached hydrogens (primary N) is 1. The maximum Gasteiger partial charge on any atom is 0.266 e. The molecular formula is C26H29ClN6O3S. The Morgan fingerprint density at radius 3 is 2.73 bits per heavy atom. The number of sulfonamides is 1. The average molecular weight is 541 g/mol. The minimum atomic E-state index is -4.08. The Kier molecular flexibility index (Phi) is 8.42. The van der Waals surface area contributed by atoms with Gasteiger partial charge in [-0.05, 0) is 60.5 Å². The molecule has 2 aromatic rings. The van der Waals surface area contributed by atoms with Crippen LogP contribution in [-0.4, -0.2) is 44.7 Å². The number of anilines is 1. The van der Waals surface area contributed by atoms with Gasteiger partial charge in [0.1, 0.15) is 22.2 Å². The molecule has 0 aromatic heterocycles. The molecule has 2 aliphatic heterocycles. The lowest BCUT2D eigenvalue weighted by Crippen LogP contribution is -2.33. The van der Waals surface area contributed by atoms with Crippen LogP contribution in [-0.2, 0) is 10.0 Å². The van der Waals surface area contributed by atoms with E-state index in [0.29, 0.717) is 31.6 Å². The molecule has 0 atom stereocenters. The molecule has 0 saturated heterocycles. The number of nitroso groups, excluding NO2 is 1. The van der Waals surface area contributed by atoms with Crippen molar-refractivity contribution < 1.29 is 8.42 Å². The van der Waals surface area contributed by atoms with Gasteiger partial charge in [0.25, 0.3) is 10.0 Å². The number of hydrogen-bond donors (Lipinski definition) is 2. The van der Waals surface area contributed by atoms with Crippen LogP contribution >= 0.6 is 11.6 Å². The molecule has 2 heterocycles. The summed E-state index contributed by atoms with van der Waals surface area (Å²) < 4.78 is 28.7. The third-order valence-electron chi connectivity index (χ3n) is 6.03. The van der Waals surface area contributed by atoms with E-state index in [-0.39, 0.29) is 23.0 Å². The highest BCUT2D eigenvalue weighted by Crippen LogP contribution is 2.39. The van der Waals surface area contributed by atoms with E-state index in [4.69, 9.17) is 17.3 Å². The number of nitrogens with zero attached hydrogens (tertiary/aromatic N) is 4. The first-order valence-electron chi connectivity index (χ1n) is 11.9. The van der Waals surface area contributed by atoms with Crippen LogP contribution < -0.4 is 15.4 Å². The number of amidine groups is 1. The van der Waals surface area contributed by atoms with Gasteiger partial charge in [-0.25, -0.2) is 8.42 Å². The van der Waals surface area contributed by atoms with Crippen LogP contribution in [0.1, 0.15) is 24.8 Å². The minimum absolute atomic E-state index is 0.137. The zero-order valence-electron chi connectivity index (χ0n) is 20.3. The van der Waals surface area contributed by atoms with Crippen LogP contribution in [0, 0.1) is 4.91 Å². The van der Waals surface area contributed by atoms with E-state index in [9.17, 15) is 13.3 Å². The molecule has 194 valence electrons. The van der Waals surface area contributed by atoms with Crippen molar-refractivity contribution >= 4 is 44.4 Å². The fourth-order valence-electron chi connectivity index (χ4n) is 4.23. The van der Waals surface area contributed by atoms with Crippen molar-refractivity contribution in [3.8, 4) is 0 Å². The summed E-state index contributed by atoms with van der Waals surface area (Å²) in [5, 5.41) is 6.30. The first kappa shape index (κ1) is 26.6. The lowest BCUT2D eigenvalue weighted by Gasteiger charge is -2.26. The van der Waals surface area contributed by atoms with Crippen molar-refractivity contribution in [2.24, 2.45) is 15.9 Å². The van der Waals surface area contributed by atoms with Crippen LogP contribution in [0.15, 0.2) is 94.0 Å². The van der Waals surface area contributed by atoms with E-state index in [1.807, 2.05) is 35.4 Å². The van der Waals surface area contributed by atoms with Gasteiger partial charge in [-0.1, -0.05) is 30.8 Å². The lowest BCUT2D eigenvalue weighted by molar-refractivity contribution is 0.563. The van der Waals surface area contributed by atoms with Crippen molar-refractivity contribution in [1.82, 2.24) is 10.2 Å². The number of hydrogen-bond acceptors (Lipinski definition) is 7. The van der Waals surface area contributed by atoms with E-state index in [0.717, 1.165) is 34.9 Å². The first-order valence-corrected chi connectivity index (χ1v) is 13.9. The van der Waals surface area contributed by atoms with Crippen LogP contribution in [0.25, 0.3) is 5.57 Å². The van der Waals surface area contributed by atoms with Crippen molar-refractivity contribution in [1.29, 1.82) is 0 Å². The molecule has 37 heavy (non-hydrogen) atoms. The third kappa shape index (κ3) is 5.61. The van der Waals surface area contributed by atoms with Gasteiger partial charge >= 0.3 is 0 Å². The molecule has 0 amide bonds. The number of aliphatic imine (C=N–C) groups is 1. The molecule has 3 N–H and O–H groups in total. The van der Waals surface area contributed by atoms with Gasteiger partial charge in [-0.15, -0.1) is 16.5 Å². The molecule has 0 spiro atoms. The Hall–Kier alpha value is -3.47. The van der Waals surface area contributed by atoms with Gasteiger partial charge in [0.2, 0.25) is 0 Å². The first-order chi connectivity index (χ1) is 17.9. The highest BCUT2D eigenvalue weighted by atomic mass is 35.5. The summed E-state index contributed by atoms with van der Waals surface area (Å²) in [4.78, 5) is 17.7. The Bertz CT molecular complexity index is 1390. The second-order valence-corrected chi connectivity index (χ2v) is 10.7. The SMILES string of the molecule is C=C1CC(c2cccc(N(CCCCl)S(=O)(=O)c3ccccc3N=O)c2)=C2NC(=NCCCN)C=CN12. The predicted molar refractivity (Wildman–Crippen MR) is 149 cm³/mol. The van der Waals surface area contributed by atoms with Gasteiger partial charge in [0.15, 0.2) is 0 Å². The van der Waals surface area contributed by atoms with E-state index in [2.05, 4.69) is 22.1 Å². The molecular weight excluding hydrogens is 512 g/mol. The Labute approximate surface area is 222 Å². The normalized spacial score (nSPS) is 16.2. The molecule has 2 aromatic carbocycles. The number of rotatable bonds is 11. The molecule has 0 saturated carbocycles. The zero-order chi connectivity index (χ0) is 26.4. The van der Waals surface area contributed by atoms with E-state index in [1.54, 1.807) is 18.2 Å². The van der Waals surface area contributed by atoms with Gasteiger partial charge in [-0.3, -0.25) is 9.30 Å². The monoisotopic (exact) mass is 540 g/mol. The lowest BCUT2D eigenvalue weighted by atomic mass is 10.0. The smallest absolute Gasteiger partial charge is 0.266 e. The zero-order valence-corrected chi connectivity index (χ0v) is 21.9.